The van der Waals surface area contributed by atoms with Crippen LogP contribution in [0.2, 0.25) is 0 Å². The van der Waals surface area contributed by atoms with Crippen molar-refractivity contribution in [3.63, 3.8) is 0 Å². The molecule has 0 aromatic carbocycles. The van der Waals surface area contributed by atoms with Crippen LogP contribution in [0.25, 0.3) is 0 Å². The van der Waals surface area contributed by atoms with Gasteiger partial charge in [0.15, 0.2) is 5.17 Å². The van der Waals surface area contributed by atoms with Gasteiger partial charge in [0.25, 0.3) is 0 Å². The van der Waals surface area contributed by atoms with Gasteiger partial charge in [-0.1, -0.05) is 18.7 Å². The summed E-state index contributed by atoms with van der Waals surface area (Å²) in [5, 5.41) is 4.58. The number of nitrogens with one attached hydrogen (secondary N) is 1. The van der Waals surface area contributed by atoms with Crippen LogP contribution in [0.3, 0.4) is 0 Å². The molecule has 1 saturated heterocycles. The lowest BCUT2D eigenvalue weighted by atomic mass is 10.0. The van der Waals surface area contributed by atoms with Crippen LogP contribution in [0.4, 0.5) is 0 Å². The highest BCUT2D eigenvalue weighted by Gasteiger charge is 2.30. The summed E-state index contributed by atoms with van der Waals surface area (Å²) >= 11 is 1.83. The van der Waals surface area contributed by atoms with Crippen LogP contribution >= 0.6 is 11.8 Å². The minimum Gasteiger partial charge on any atom is -0.359 e. The van der Waals surface area contributed by atoms with Crippen molar-refractivity contribution >= 4 is 16.9 Å². The third-order valence-electron chi connectivity index (χ3n) is 3.23. The van der Waals surface area contributed by atoms with E-state index >= 15 is 0 Å². The third kappa shape index (κ3) is 3.03. The number of hydrogen-bond donors (Lipinski definition) is 1. The zero-order valence-corrected chi connectivity index (χ0v) is 11.5. The predicted octanol–water partition coefficient (Wildman–Crippen LogP) is 1.82. The second-order valence-electron chi connectivity index (χ2n) is 4.72. The Morgan fingerprint density at radius 1 is 1.65 bits per heavy atom. The molecular formula is C12H20N4S. The number of imidazole rings is 1. The van der Waals surface area contributed by atoms with Crippen molar-refractivity contribution in [1.29, 1.82) is 0 Å². The van der Waals surface area contributed by atoms with E-state index in [1.807, 2.05) is 35.8 Å². The van der Waals surface area contributed by atoms with Gasteiger partial charge in [0.2, 0.25) is 0 Å². The molecule has 1 unspecified atom stereocenters. The molecule has 5 heteroatoms. The predicted molar refractivity (Wildman–Crippen MR) is 73.5 cm³/mol. The first-order valence-electron chi connectivity index (χ1n) is 6.04. The van der Waals surface area contributed by atoms with E-state index in [0.29, 0.717) is 0 Å². The number of nitrogens with zero attached hydrogens (tertiary/aromatic N) is 3. The Labute approximate surface area is 107 Å². The molecule has 0 spiro atoms. The van der Waals surface area contributed by atoms with Gasteiger partial charge in [-0.25, -0.2) is 4.98 Å². The molecule has 1 aromatic heterocycles. The van der Waals surface area contributed by atoms with Crippen LogP contribution < -0.4 is 5.32 Å². The summed E-state index contributed by atoms with van der Waals surface area (Å²) in [6.45, 7) is 5.27. The molecule has 0 bridgehead atoms. The molecule has 4 nitrogen and oxygen atoms in total. The van der Waals surface area contributed by atoms with Crippen LogP contribution in [0, 0.1) is 0 Å². The zero-order chi connectivity index (χ0) is 12.3. The highest BCUT2D eigenvalue weighted by molar-refractivity contribution is 8.14. The van der Waals surface area contributed by atoms with Gasteiger partial charge < -0.3 is 9.88 Å². The fourth-order valence-electron chi connectivity index (χ4n) is 1.73. The van der Waals surface area contributed by atoms with Crippen molar-refractivity contribution in [1.82, 2.24) is 14.9 Å². The SMILES string of the molecule is CCC1(C)CSC(=NCCc2nccn2C)N1. The summed E-state index contributed by atoms with van der Waals surface area (Å²) in [6, 6.07) is 0. The Hall–Kier alpha value is -0.970. The topological polar surface area (TPSA) is 42.2 Å². The van der Waals surface area contributed by atoms with Crippen LogP contribution in [-0.2, 0) is 13.5 Å². The van der Waals surface area contributed by atoms with Gasteiger partial charge >= 0.3 is 0 Å². The van der Waals surface area contributed by atoms with Gasteiger partial charge in [-0.05, 0) is 13.3 Å². The first-order valence-corrected chi connectivity index (χ1v) is 7.03. The lowest BCUT2D eigenvalue weighted by Crippen LogP contribution is -2.39. The molecule has 1 aliphatic rings. The molecule has 0 radical (unpaired) electrons. The molecule has 1 atom stereocenters. The van der Waals surface area contributed by atoms with Gasteiger partial charge in [-0.3, -0.25) is 4.99 Å². The lowest BCUT2D eigenvalue weighted by molar-refractivity contribution is 0.466. The van der Waals surface area contributed by atoms with Gasteiger partial charge in [0.05, 0.1) is 0 Å². The zero-order valence-electron chi connectivity index (χ0n) is 10.7. The summed E-state index contributed by atoms with van der Waals surface area (Å²) in [5.41, 5.74) is 0.229. The largest absolute Gasteiger partial charge is 0.359 e. The van der Waals surface area contributed by atoms with Crippen LogP contribution in [-0.4, -0.2) is 32.6 Å². The second-order valence-corrected chi connectivity index (χ2v) is 5.68. The molecule has 1 aromatic rings. The number of aryl methyl sites for hydroxylation is 1. The maximum Gasteiger partial charge on any atom is 0.157 e. The van der Waals surface area contributed by atoms with E-state index in [1.54, 1.807) is 0 Å². The molecule has 1 aliphatic heterocycles. The molecule has 2 heterocycles. The maximum atomic E-state index is 4.60. The number of thioether (sulfide) groups is 1. The molecule has 1 fully saturated rings. The van der Waals surface area contributed by atoms with Crippen molar-refractivity contribution in [3.8, 4) is 0 Å². The first-order chi connectivity index (χ1) is 8.13. The van der Waals surface area contributed by atoms with Gasteiger partial charge in [0, 0.05) is 43.7 Å². The normalized spacial score (nSPS) is 26.4. The first kappa shape index (κ1) is 12.5. The summed E-state index contributed by atoms with van der Waals surface area (Å²) in [4.78, 5) is 8.89. The van der Waals surface area contributed by atoms with E-state index in [0.717, 1.165) is 36.1 Å². The number of aliphatic imine (C=N–C) groups is 1. The molecule has 17 heavy (non-hydrogen) atoms. The van der Waals surface area contributed by atoms with E-state index in [4.69, 9.17) is 0 Å². The molecule has 0 aliphatic carbocycles. The van der Waals surface area contributed by atoms with Crippen LogP contribution in [0.15, 0.2) is 17.4 Å². The minimum atomic E-state index is 0.229. The summed E-state index contributed by atoms with van der Waals surface area (Å²) < 4.78 is 2.05. The average molecular weight is 252 g/mol. The maximum absolute atomic E-state index is 4.60. The lowest BCUT2D eigenvalue weighted by Gasteiger charge is -2.20. The standard InChI is InChI=1S/C12H20N4S/c1-4-12(2)9-17-11(15-12)14-6-5-10-13-7-8-16(10)3/h7-8H,4-6,9H2,1-3H3,(H,14,15). The number of rotatable bonds is 4. The minimum absolute atomic E-state index is 0.229. The molecule has 94 valence electrons. The Morgan fingerprint density at radius 3 is 3.06 bits per heavy atom. The molecular weight excluding hydrogens is 232 g/mol. The van der Waals surface area contributed by atoms with Crippen molar-refractivity contribution in [3.05, 3.63) is 18.2 Å². The summed E-state index contributed by atoms with van der Waals surface area (Å²) in [6.07, 6.45) is 5.84. The van der Waals surface area contributed by atoms with Crippen molar-refractivity contribution < 1.29 is 0 Å². The number of aromatic nitrogens is 2. The highest BCUT2D eigenvalue weighted by atomic mass is 32.2. The monoisotopic (exact) mass is 252 g/mol. The summed E-state index contributed by atoms with van der Waals surface area (Å²) in [5.74, 6) is 2.21. The smallest absolute Gasteiger partial charge is 0.157 e. The van der Waals surface area contributed by atoms with E-state index < -0.39 is 0 Å². The van der Waals surface area contributed by atoms with Gasteiger partial charge in [-0.2, -0.15) is 0 Å². The van der Waals surface area contributed by atoms with E-state index in [-0.39, 0.29) is 5.54 Å². The van der Waals surface area contributed by atoms with Crippen molar-refractivity contribution in [2.24, 2.45) is 12.0 Å². The average Bonchev–Trinajstić information content (AvgIpc) is 2.88. The Morgan fingerprint density at radius 2 is 2.47 bits per heavy atom. The fraction of sp³-hybridized carbons (Fsp3) is 0.667. The number of amidine groups is 1. The third-order valence-corrected chi connectivity index (χ3v) is 4.51. The van der Waals surface area contributed by atoms with Gasteiger partial charge in [-0.15, -0.1) is 0 Å². The Kier molecular flexibility index (Phi) is 3.76. The molecule has 0 saturated carbocycles. The second kappa shape index (κ2) is 5.12. The van der Waals surface area contributed by atoms with E-state index in [1.165, 1.54) is 0 Å². The van der Waals surface area contributed by atoms with E-state index in [9.17, 15) is 0 Å². The Bertz CT molecular complexity index is 412. The Balaban J connectivity index is 1.85. The quantitative estimate of drug-likeness (QED) is 0.889. The van der Waals surface area contributed by atoms with Crippen molar-refractivity contribution in [2.75, 3.05) is 12.3 Å². The van der Waals surface area contributed by atoms with Crippen LogP contribution in [0.5, 0.6) is 0 Å². The van der Waals surface area contributed by atoms with Crippen molar-refractivity contribution in [2.45, 2.75) is 32.2 Å². The molecule has 2 rings (SSSR count). The summed E-state index contributed by atoms with van der Waals surface area (Å²) in [7, 11) is 2.02. The van der Waals surface area contributed by atoms with E-state index in [2.05, 4.69) is 29.1 Å². The molecule has 1 N–H and O–H groups in total. The highest BCUT2D eigenvalue weighted by Crippen LogP contribution is 2.25. The number of hydrogen-bond acceptors (Lipinski definition) is 3. The fourth-order valence-corrected chi connectivity index (χ4v) is 2.96. The molecule has 0 amide bonds. The van der Waals surface area contributed by atoms with Gasteiger partial charge in [0.1, 0.15) is 5.82 Å². The van der Waals surface area contributed by atoms with Crippen LogP contribution in [0.1, 0.15) is 26.1 Å².